The quantitative estimate of drug-likeness (QED) is 0.585. The second-order valence-corrected chi connectivity index (χ2v) is 13.6. The highest BCUT2D eigenvalue weighted by Crippen LogP contribution is 2.36. The lowest BCUT2D eigenvalue weighted by Gasteiger charge is -2.40. The van der Waals surface area contributed by atoms with Gasteiger partial charge in [-0.1, -0.05) is 27.2 Å². The number of nitrogens with one attached hydrogen (secondary N) is 1. The molecule has 0 aromatic carbocycles. The molecular formula is C18H35NO2Si. The summed E-state index contributed by atoms with van der Waals surface area (Å²) in [5, 5.41) is 3.92. The monoisotopic (exact) mass is 325 g/mol. The van der Waals surface area contributed by atoms with Crippen molar-refractivity contribution in [3.63, 3.8) is 0 Å². The van der Waals surface area contributed by atoms with Crippen LogP contribution in [0.2, 0.25) is 18.1 Å². The first-order valence-electron chi connectivity index (χ1n) is 9.12. The molecule has 2 aliphatic heterocycles. The number of piperidine rings is 2. The predicted octanol–water partition coefficient (Wildman–Crippen LogP) is 4.28. The van der Waals surface area contributed by atoms with E-state index in [1.165, 1.54) is 19.3 Å². The Bertz CT molecular complexity index is 377. The molecule has 2 aliphatic rings. The van der Waals surface area contributed by atoms with Crippen molar-refractivity contribution in [3.05, 3.63) is 0 Å². The van der Waals surface area contributed by atoms with Crippen molar-refractivity contribution < 1.29 is 9.22 Å². The van der Waals surface area contributed by atoms with Crippen LogP contribution < -0.4 is 5.32 Å². The van der Waals surface area contributed by atoms with E-state index in [1.54, 1.807) is 0 Å². The fourth-order valence-corrected chi connectivity index (χ4v) is 4.61. The first-order valence-corrected chi connectivity index (χ1v) is 12.0. The van der Waals surface area contributed by atoms with E-state index in [0.29, 0.717) is 30.2 Å². The standard InChI is InChI=1S/C18H35NO2Si/c1-18(2,3)22(4,5)21-11-7-10-17(20)14-12-15-8-6-9-16(13-14)19-15/h14-16,19H,6-13H2,1-5H3. The minimum Gasteiger partial charge on any atom is -0.417 e. The fourth-order valence-electron chi connectivity index (χ4n) is 3.52. The zero-order valence-electron chi connectivity index (χ0n) is 15.2. The second-order valence-electron chi connectivity index (χ2n) is 8.84. The smallest absolute Gasteiger partial charge is 0.191 e. The molecule has 22 heavy (non-hydrogen) atoms. The van der Waals surface area contributed by atoms with E-state index in [2.05, 4.69) is 39.2 Å². The lowest BCUT2D eigenvalue weighted by atomic mass is 9.78. The molecule has 1 N–H and O–H groups in total. The third kappa shape index (κ3) is 4.65. The molecule has 4 heteroatoms. The van der Waals surface area contributed by atoms with Gasteiger partial charge in [0, 0.05) is 31.0 Å². The number of Topliss-reactive ketones (excluding diaryl/α,β-unsaturated/α-hetero) is 1. The Morgan fingerprint density at radius 3 is 2.32 bits per heavy atom. The molecule has 0 spiro atoms. The third-order valence-electron chi connectivity index (χ3n) is 6.01. The molecule has 2 saturated heterocycles. The molecule has 0 aromatic heterocycles. The minimum atomic E-state index is -1.66. The molecule has 0 aromatic rings. The van der Waals surface area contributed by atoms with Crippen LogP contribution in [0.25, 0.3) is 0 Å². The summed E-state index contributed by atoms with van der Waals surface area (Å²) in [6.45, 7) is 12.1. The highest BCUT2D eigenvalue weighted by molar-refractivity contribution is 6.74. The van der Waals surface area contributed by atoms with Crippen LogP contribution in [0.5, 0.6) is 0 Å². The summed E-state index contributed by atoms with van der Waals surface area (Å²) < 4.78 is 6.18. The van der Waals surface area contributed by atoms with Crippen LogP contribution >= 0.6 is 0 Å². The van der Waals surface area contributed by atoms with Gasteiger partial charge in [0.15, 0.2) is 8.32 Å². The van der Waals surface area contributed by atoms with Gasteiger partial charge in [0.25, 0.3) is 0 Å². The summed E-state index contributed by atoms with van der Waals surface area (Å²) in [4.78, 5) is 12.5. The second kappa shape index (κ2) is 7.14. The van der Waals surface area contributed by atoms with Gasteiger partial charge in [0.05, 0.1) is 0 Å². The van der Waals surface area contributed by atoms with Gasteiger partial charge in [0.1, 0.15) is 5.78 Å². The van der Waals surface area contributed by atoms with Crippen molar-refractivity contribution >= 4 is 14.1 Å². The number of carbonyl (C=O) groups excluding carboxylic acids is 1. The molecule has 0 saturated carbocycles. The molecule has 0 radical (unpaired) electrons. The van der Waals surface area contributed by atoms with Crippen LogP contribution in [0.15, 0.2) is 0 Å². The largest absolute Gasteiger partial charge is 0.417 e. The Morgan fingerprint density at radius 1 is 1.18 bits per heavy atom. The summed E-state index contributed by atoms with van der Waals surface area (Å²) >= 11 is 0. The van der Waals surface area contributed by atoms with Crippen LogP contribution in [0.1, 0.15) is 65.7 Å². The van der Waals surface area contributed by atoms with Gasteiger partial charge in [-0.15, -0.1) is 0 Å². The van der Waals surface area contributed by atoms with E-state index in [1.807, 2.05) is 0 Å². The number of fused-ring (bicyclic) bond motifs is 2. The topological polar surface area (TPSA) is 38.3 Å². The molecular weight excluding hydrogens is 290 g/mol. The van der Waals surface area contributed by atoms with Gasteiger partial charge >= 0.3 is 0 Å². The van der Waals surface area contributed by atoms with Gasteiger partial charge in [-0.25, -0.2) is 0 Å². The predicted molar refractivity (Wildman–Crippen MR) is 94.7 cm³/mol. The molecule has 2 fully saturated rings. The van der Waals surface area contributed by atoms with Crippen LogP contribution in [-0.4, -0.2) is 32.8 Å². The summed E-state index contributed by atoms with van der Waals surface area (Å²) in [6, 6.07) is 1.20. The van der Waals surface area contributed by atoms with Crippen molar-refractivity contribution in [1.29, 1.82) is 0 Å². The Balaban J connectivity index is 1.70. The molecule has 2 bridgehead atoms. The maximum absolute atomic E-state index is 12.5. The van der Waals surface area contributed by atoms with Crippen LogP contribution in [0.3, 0.4) is 0 Å². The zero-order chi connectivity index (χ0) is 16.4. The first-order chi connectivity index (χ1) is 10.2. The number of hydrogen-bond acceptors (Lipinski definition) is 3. The number of hydrogen-bond donors (Lipinski definition) is 1. The molecule has 2 rings (SSSR count). The maximum atomic E-state index is 12.5. The Kier molecular flexibility index (Phi) is 5.89. The normalized spacial score (nSPS) is 29.4. The highest BCUT2D eigenvalue weighted by atomic mass is 28.4. The van der Waals surface area contributed by atoms with E-state index in [0.717, 1.165) is 25.9 Å². The lowest BCUT2D eigenvalue weighted by Crippen LogP contribution is -2.50. The molecule has 0 aliphatic carbocycles. The van der Waals surface area contributed by atoms with Gasteiger partial charge < -0.3 is 9.74 Å². The number of rotatable bonds is 6. The Hall–Kier alpha value is -0.193. The van der Waals surface area contributed by atoms with Crippen molar-refractivity contribution in [2.75, 3.05) is 6.61 Å². The van der Waals surface area contributed by atoms with E-state index in [4.69, 9.17) is 4.43 Å². The van der Waals surface area contributed by atoms with Crippen LogP contribution in [0.4, 0.5) is 0 Å². The zero-order valence-corrected chi connectivity index (χ0v) is 16.2. The summed E-state index contributed by atoms with van der Waals surface area (Å²) in [5.41, 5.74) is 0. The average Bonchev–Trinajstić information content (AvgIpc) is 2.41. The Morgan fingerprint density at radius 2 is 1.77 bits per heavy atom. The maximum Gasteiger partial charge on any atom is 0.191 e. The van der Waals surface area contributed by atoms with E-state index >= 15 is 0 Å². The summed E-state index contributed by atoms with van der Waals surface area (Å²) in [5.74, 6) is 0.793. The van der Waals surface area contributed by atoms with Crippen molar-refractivity contribution in [1.82, 2.24) is 5.32 Å². The molecule has 128 valence electrons. The lowest BCUT2D eigenvalue weighted by molar-refractivity contribution is -0.124. The molecule has 2 heterocycles. The third-order valence-corrected chi connectivity index (χ3v) is 10.5. The summed E-state index contributed by atoms with van der Waals surface area (Å²) in [7, 11) is -1.66. The molecule has 2 atom stereocenters. The van der Waals surface area contributed by atoms with E-state index < -0.39 is 8.32 Å². The average molecular weight is 326 g/mol. The Labute approximate surface area is 137 Å². The SMILES string of the molecule is CC(C)(C)[Si](C)(C)OCCCC(=O)C1CC2CCCC(C1)N2. The van der Waals surface area contributed by atoms with E-state index in [9.17, 15) is 4.79 Å². The van der Waals surface area contributed by atoms with Crippen molar-refractivity contribution in [2.45, 2.75) is 95.9 Å². The number of carbonyl (C=O) groups is 1. The molecule has 0 amide bonds. The van der Waals surface area contributed by atoms with Crippen molar-refractivity contribution in [3.8, 4) is 0 Å². The fraction of sp³-hybridized carbons (Fsp3) is 0.944. The van der Waals surface area contributed by atoms with Gasteiger partial charge in [-0.2, -0.15) is 0 Å². The number of ketones is 1. The molecule has 3 nitrogen and oxygen atoms in total. The molecule has 2 unspecified atom stereocenters. The van der Waals surface area contributed by atoms with Gasteiger partial charge in [-0.05, 0) is 50.2 Å². The van der Waals surface area contributed by atoms with Crippen molar-refractivity contribution in [2.24, 2.45) is 5.92 Å². The van der Waals surface area contributed by atoms with Crippen LogP contribution in [0, 0.1) is 5.92 Å². The van der Waals surface area contributed by atoms with Gasteiger partial charge in [0.2, 0.25) is 0 Å². The highest BCUT2D eigenvalue weighted by Gasteiger charge is 2.37. The van der Waals surface area contributed by atoms with Crippen LogP contribution in [-0.2, 0) is 9.22 Å². The minimum absolute atomic E-state index is 0.253. The first kappa shape index (κ1) is 18.1. The summed E-state index contributed by atoms with van der Waals surface area (Å²) in [6.07, 6.45) is 7.59. The van der Waals surface area contributed by atoms with E-state index in [-0.39, 0.29) is 5.04 Å². The van der Waals surface area contributed by atoms with Gasteiger partial charge in [-0.3, -0.25) is 4.79 Å².